The third-order valence-corrected chi connectivity index (χ3v) is 7.36. The van der Waals surface area contributed by atoms with E-state index >= 15 is 0 Å². The van der Waals surface area contributed by atoms with Gasteiger partial charge in [-0.2, -0.15) is 0 Å². The first-order chi connectivity index (χ1) is 16.9. The molecule has 2 aromatic carbocycles. The number of amides is 2. The van der Waals surface area contributed by atoms with Crippen LogP contribution in [0.5, 0.6) is 5.75 Å². The fourth-order valence-corrected chi connectivity index (χ4v) is 5.34. The number of anilines is 2. The van der Waals surface area contributed by atoms with Crippen LogP contribution in [0.4, 0.5) is 15.2 Å². The summed E-state index contributed by atoms with van der Waals surface area (Å²) in [7, 11) is 1.55. The van der Waals surface area contributed by atoms with Crippen LogP contribution in [0.3, 0.4) is 0 Å². The van der Waals surface area contributed by atoms with Gasteiger partial charge in [-0.05, 0) is 48.5 Å². The van der Waals surface area contributed by atoms with Gasteiger partial charge in [-0.3, -0.25) is 19.5 Å². The molecule has 35 heavy (non-hydrogen) atoms. The molecule has 1 aliphatic heterocycles. The van der Waals surface area contributed by atoms with E-state index in [9.17, 15) is 14.0 Å². The molecule has 178 valence electrons. The molecule has 1 aliphatic rings. The van der Waals surface area contributed by atoms with E-state index in [2.05, 4.69) is 9.97 Å². The van der Waals surface area contributed by atoms with Crippen molar-refractivity contribution in [3.8, 4) is 5.75 Å². The number of nitrogens with zero attached hydrogens (tertiary/aromatic N) is 4. The maximum absolute atomic E-state index is 13.8. The zero-order valence-corrected chi connectivity index (χ0v) is 20.2. The number of benzene rings is 2. The predicted octanol–water partition coefficient (Wildman–Crippen LogP) is 5.08. The van der Waals surface area contributed by atoms with Crippen LogP contribution >= 0.6 is 22.9 Å². The number of pyridine rings is 1. The van der Waals surface area contributed by atoms with Crippen molar-refractivity contribution in [3.63, 3.8) is 0 Å². The Bertz CT molecular complexity index is 1400. The standard InChI is InChI=1S/C25H20ClFN4O3S/c1-34-20-10-9-19(26)23-22(20)29-25(35-23)31(14-17-4-2-3-11-28-17)24(33)15-12-21(32)30(13-15)18-7-5-16(27)6-8-18/h2-11,15H,12-14H2,1H3. The Hall–Kier alpha value is -3.56. The molecule has 1 atom stereocenters. The van der Waals surface area contributed by atoms with Gasteiger partial charge < -0.3 is 9.64 Å². The highest BCUT2D eigenvalue weighted by Crippen LogP contribution is 2.40. The summed E-state index contributed by atoms with van der Waals surface area (Å²) in [6.45, 7) is 0.373. The molecule has 0 N–H and O–H groups in total. The number of carbonyl (C=O) groups excluding carboxylic acids is 2. The van der Waals surface area contributed by atoms with E-state index in [0.29, 0.717) is 37.5 Å². The normalized spacial score (nSPS) is 15.6. The first-order valence-electron chi connectivity index (χ1n) is 10.8. The molecule has 1 unspecified atom stereocenters. The molecule has 1 fully saturated rings. The van der Waals surface area contributed by atoms with Gasteiger partial charge >= 0.3 is 0 Å². The number of methoxy groups -OCH3 is 1. The summed E-state index contributed by atoms with van der Waals surface area (Å²) in [5, 5.41) is 0.947. The first kappa shape index (κ1) is 23.2. The highest BCUT2D eigenvalue weighted by atomic mass is 35.5. The number of aromatic nitrogens is 2. The van der Waals surface area contributed by atoms with Crippen LogP contribution in [-0.2, 0) is 16.1 Å². The van der Waals surface area contributed by atoms with E-state index in [0.717, 1.165) is 0 Å². The Balaban J connectivity index is 1.50. The van der Waals surface area contributed by atoms with E-state index in [1.807, 2.05) is 12.1 Å². The predicted molar refractivity (Wildman–Crippen MR) is 133 cm³/mol. The summed E-state index contributed by atoms with van der Waals surface area (Å²) in [5.74, 6) is -0.875. The third-order valence-electron chi connectivity index (χ3n) is 5.82. The molecule has 2 amide bonds. The van der Waals surface area contributed by atoms with Gasteiger partial charge in [0.15, 0.2) is 5.13 Å². The Morgan fingerprint density at radius 1 is 1.23 bits per heavy atom. The second-order valence-corrected chi connectivity index (χ2v) is 9.44. The number of rotatable bonds is 6. The van der Waals surface area contributed by atoms with Gasteiger partial charge in [0, 0.05) is 24.8 Å². The molecule has 4 aromatic rings. The van der Waals surface area contributed by atoms with Gasteiger partial charge in [-0.15, -0.1) is 0 Å². The largest absolute Gasteiger partial charge is 0.494 e. The SMILES string of the molecule is COc1ccc(Cl)c2sc(N(Cc3ccccn3)C(=O)C3CC(=O)N(c4ccc(F)cc4)C3)nc12. The van der Waals surface area contributed by atoms with Gasteiger partial charge in [0.25, 0.3) is 0 Å². The fourth-order valence-electron chi connectivity index (χ4n) is 4.08. The first-order valence-corrected chi connectivity index (χ1v) is 12.0. The van der Waals surface area contributed by atoms with Crippen molar-refractivity contribution in [1.29, 1.82) is 0 Å². The molecule has 5 rings (SSSR count). The van der Waals surface area contributed by atoms with Crippen molar-refractivity contribution >= 4 is 55.8 Å². The average Bonchev–Trinajstić information content (AvgIpc) is 3.48. The number of carbonyl (C=O) groups is 2. The van der Waals surface area contributed by atoms with Gasteiger partial charge in [0.1, 0.15) is 17.1 Å². The average molecular weight is 511 g/mol. The number of fused-ring (bicyclic) bond motifs is 1. The van der Waals surface area contributed by atoms with Crippen LogP contribution in [0.2, 0.25) is 5.02 Å². The lowest BCUT2D eigenvalue weighted by molar-refractivity contribution is -0.124. The molecule has 0 radical (unpaired) electrons. The topological polar surface area (TPSA) is 75.6 Å². The van der Waals surface area contributed by atoms with Crippen molar-refractivity contribution in [1.82, 2.24) is 9.97 Å². The van der Waals surface area contributed by atoms with E-state index < -0.39 is 5.92 Å². The van der Waals surface area contributed by atoms with Crippen LogP contribution in [-0.4, -0.2) is 35.4 Å². The molecular formula is C25H20ClFN4O3S. The second kappa shape index (κ2) is 9.59. The fraction of sp³-hybridized carbons (Fsp3) is 0.200. The van der Waals surface area contributed by atoms with Crippen molar-refractivity contribution in [3.05, 3.63) is 77.3 Å². The Morgan fingerprint density at radius 2 is 2.03 bits per heavy atom. The van der Waals surface area contributed by atoms with Gasteiger partial charge in [-0.1, -0.05) is 29.0 Å². The molecule has 0 saturated carbocycles. The zero-order valence-electron chi connectivity index (χ0n) is 18.6. The highest BCUT2D eigenvalue weighted by Gasteiger charge is 2.38. The highest BCUT2D eigenvalue weighted by molar-refractivity contribution is 7.23. The minimum atomic E-state index is -0.597. The van der Waals surface area contributed by atoms with Gasteiger partial charge in [-0.25, -0.2) is 9.37 Å². The monoisotopic (exact) mass is 510 g/mol. The summed E-state index contributed by atoms with van der Waals surface area (Å²) >= 11 is 7.69. The molecular weight excluding hydrogens is 491 g/mol. The summed E-state index contributed by atoms with van der Waals surface area (Å²) in [6.07, 6.45) is 1.70. The van der Waals surface area contributed by atoms with E-state index in [1.54, 1.807) is 36.4 Å². The Morgan fingerprint density at radius 3 is 2.74 bits per heavy atom. The van der Waals surface area contributed by atoms with Crippen molar-refractivity contribution in [2.24, 2.45) is 5.92 Å². The lowest BCUT2D eigenvalue weighted by atomic mass is 10.1. The van der Waals surface area contributed by atoms with Crippen molar-refractivity contribution in [2.45, 2.75) is 13.0 Å². The van der Waals surface area contributed by atoms with E-state index in [1.165, 1.54) is 40.5 Å². The minimum absolute atomic E-state index is 0.0455. The third kappa shape index (κ3) is 4.56. The molecule has 7 nitrogen and oxygen atoms in total. The van der Waals surface area contributed by atoms with Crippen LogP contribution in [0.15, 0.2) is 60.8 Å². The number of hydrogen-bond acceptors (Lipinski definition) is 6. The Labute approximate surface area is 209 Å². The number of thiazole rings is 1. The maximum Gasteiger partial charge on any atom is 0.234 e. The number of hydrogen-bond donors (Lipinski definition) is 0. The molecule has 1 saturated heterocycles. The molecule has 0 spiro atoms. The summed E-state index contributed by atoms with van der Waals surface area (Å²) < 4.78 is 19.5. The maximum atomic E-state index is 13.8. The summed E-state index contributed by atoms with van der Waals surface area (Å²) in [4.78, 5) is 38.7. The van der Waals surface area contributed by atoms with Crippen LogP contribution in [0.1, 0.15) is 12.1 Å². The lowest BCUT2D eigenvalue weighted by Crippen LogP contribution is -2.37. The molecule has 0 bridgehead atoms. The van der Waals surface area contributed by atoms with E-state index in [4.69, 9.17) is 16.3 Å². The summed E-state index contributed by atoms with van der Waals surface area (Å²) in [5.41, 5.74) is 1.80. The lowest BCUT2D eigenvalue weighted by Gasteiger charge is -2.23. The second-order valence-electron chi connectivity index (χ2n) is 8.05. The van der Waals surface area contributed by atoms with E-state index in [-0.39, 0.29) is 37.1 Å². The van der Waals surface area contributed by atoms with Crippen molar-refractivity contribution in [2.75, 3.05) is 23.5 Å². The molecule has 2 aromatic heterocycles. The molecule has 3 heterocycles. The van der Waals surface area contributed by atoms with Crippen LogP contribution < -0.4 is 14.5 Å². The zero-order chi connectivity index (χ0) is 24.5. The van der Waals surface area contributed by atoms with Gasteiger partial charge in [0.05, 0.1) is 35.0 Å². The number of halogens is 2. The van der Waals surface area contributed by atoms with Crippen molar-refractivity contribution < 1.29 is 18.7 Å². The molecule has 0 aliphatic carbocycles. The minimum Gasteiger partial charge on any atom is -0.494 e. The van der Waals surface area contributed by atoms with Crippen LogP contribution in [0.25, 0.3) is 10.2 Å². The quantitative estimate of drug-likeness (QED) is 0.361. The molecule has 10 heteroatoms. The van der Waals surface area contributed by atoms with Gasteiger partial charge in [0.2, 0.25) is 11.8 Å². The number of ether oxygens (including phenoxy) is 1. The smallest absolute Gasteiger partial charge is 0.234 e. The summed E-state index contributed by atoms with van der Waals surface area (Å²) in [6, 6.07) is 14.6. The van der Waals surface area contributed by atoms with Crippen LogP contribution in [0, 0.1) is 11.7 Å². The Kier molecular flexibility index (Phi) is 6.36.